The van der Waals surface area contributed by atoms with Gasteiger partial charge in [-0.25, -0.2) is 0 Å². The predicted molar refractivity (Wildman–Crippen MR) is 127 cm³/mol. The molecule has 0 aliphatic carbocycles. The van der Waals surface area contributed by atoms with Gasteiger partial charge >= 0.3 is 175 Å². The van der Waals surface area contributed by atoms with Gasteiger partial charge in [-0.15, -0.1) is 0 Å². The second-order valence-corrected chi connectivity index (χ2v) is 12.8. The van der Waals surface area contributed by atoms with Gasteiger partial charge in [-0.3, -0.25) is 0 Å². The van der Waals surface area contributed by atoms with Crippen LogP contribution < -0.4 is 15.9 Å². The van der Waals surface area contributed by atoms with E-state index in [1.807, 2.05) is 54.6 Å². The van der Waals surface area contributed by atoms with Crippen LogP contribution in [0.25, 0.3) is 0 Å². The first-order valence-corrected chi connectivity index (χ1v) is 12.9. The first-order valence-electron chi connectivity index (χ1n) is 9.40. The molecule has 0 fully saturated rings. The monoisotopic (exact) mass is 416 g/mol. The topological polar surface area (TPSA) is 37.3 Å². The average molecular weight is 416 g/mol. The van der Waals surface area contributed by atoms with Crippen LogP contribution in [0.3, 0.4) is 0 Å². The summed E-state index contributed by atoms with van der Waals surface area (Å²) in [6.07, 6.45) is 0. The molecule has 4 aromatic carbocycles. The second kappa shape index (κ2) is 8.65. The van der Waals surface area contributed by atoms with E-state index in [-0.39, 0.29) is 10.9 Å². The quantitative estimate of drug-likeness (QED) is 0.470. The summed E-state index contributed by atoms with van der Waals surface area (Å²) in [4.78, 5) is 13.4. The summed E-state index contributed by atoms with van der Waals surface area (Å²) in [6, 6.07) is 37.5. The Bertz CT molecular complexity index is 1000. The number of hydrogen-bond acceptors (Lipinski definition) is 3. The minimum atomic E-state index is -2.74. The molecule has 4 heteroatoms. The number of carbonyl (C=O) groups excluding carboxylic acids is 1. The van der Waals surface area contributed by atoms with E-state index in [0.29, 0.717) is 5.56 Å². The molecular formula is C25H21O2PS. The van der Waals surface area contributed by atoms with Gasteiger partial charge in [-0.05, 0) is 0 Å². The molecule has 2 nitrogen and oxygen atoms in total. The summed E-state index contributed by atoms with van der Waals surface area (Å²) in [5, 5.41) is 13.6. The van der Waals surface area contributed by atoms with Gasteiger partial charge in [0.05, 0.1) is 0 Å². The van der Waals surface area contributed by atoms with Crippen LogP contribution in [-0.4, -0.2) is 10.2 Å². The molecule has 0 aliphatic rings. The fourth-order valence-electron chi connectivity index (χ4n) is 3.54. The molecule has 1 N–H and O–H groups in total. The normalized spacial score (nSPS) is 11.7. The van der Waals surface area contributed by atoms with Crippen LogP contribution in [0.5, 0.6) is 5.75 Å². The third-order valence-corrected chi connectivity index (χ3v) is 12.7. The Morgan fingerprint density at radius 3 is 1.38 bits per heavy atom. The van der Waals surface area contributed by atoms with Crippen molar-refractivity contribution in [3.8, 4) is 5.75 Å². The van der Waals surface area contributed by atoms with Gasteiger partial charge in [0.25, 0.3) is 0 Å². The molecule has 0 aliphatic heterocycles. The van der Waals surface area contributed by atoms with Crippen LogP contribution in [0.1, 0.15) is 10.4 Å². The number of phenols is 1. The number of rotatable bonds is 5. The average Bonchev–Trinajstić information content (AvgIpc) is 2.79. The predicted octanol–water partition coefficient (Wildman–Crippen LogP) is 4.91. The molecule has 4 rings (SSSR count). The first-order chi connectivity index (χ1) is 14.2. The number of phenolic OH excluding ortho intramolecular Hbond substituents is 1. The van der Waals surface area contributed by atoms with Crippen molar-refractivity contribution in [1.82, 2.24) is 0 Å². The van der Waals surface area contributed by atoms with E-state index in [2.05, 4.69) is 36.4 Å². The summed E-state index contributed by atoms with van der Waals surface area (Å²) in [6.45, 7) is -2.74. The molecule has 0 heterocycles. The van der Waals surface area contributed by atoms with E-state index in [0.717, 1.165) is 15.9 Å². The Morgan fingerprint density at radius 2 is 0.966 bits per heavy atom. The zero-order valence-corrected chi connectivity index (χ0v) is 17.5. The van der Waals surface area contributed by atoms with Crippen LogP contribution in [0, 0.1) is 0 Å². The second-order valence-electron chi connectivity index (χ2n) is 6.69. The number of carbonyl (C=O) groups is 1. The standard InChI is InChI=1S/C25H21O2PS/c26-24-19-11-10-18-23(24)25(27)29-28(20-12-4-1-5-13-20,21-14-6-2-7-15-21)22-16-8-3-9-17-22/h1-19,26,28H. The molecule has 144 valence electrons. The first kappa shape index (κ1) is 19.4. The van der Waals surface area contributed by atoms with Crippen molar-refractivity contribution in [3.63, 3.8) is 0 Å². The molecule has 29 heavy (non-hydrogen) atoms. The van der Waals surface area contributed by atoms with Crippen LogP contribution >= 0.6 is 17.8 Å². The Labute approximate surface area is 175 Å². The number of hydrogen-bond donors (Lipinski definition) is 1. The Hall–Kier alpha value is -2.87. The van der Waals surface area contributed by atoms with Crippen LogP contribution in [-0.2, 0) is 0 Å². The zero-order chi connectivity index (χ0) is 20.1. The third kappa shape index (κ3) is 3.85. The van der Waals surface area contributed by atoms with Crippen molar-refractivity contribution in [2.24, 2.45) is 0 Å². The fraction of sp³-hybridized carbons (Fsp3) is 0. The molecular weight excluding hydrogens is 395 g/mol. The van der Waals surface area contributed by atoms with Gasteiger partial charge in [-0.1, -0.05) is 0 Å². The van der Waals surface area contributed by atoms with Gasteiger partial charge < -0.3 is 0 Å². The van der Waals surface area contributed by atoms with Crippen molar-refractivity contribution in [1.29, 1.82) is 0 Å². The summed E-state index contributed by atoms with van der Waals surface area (Å²) in [5.41, 5.74) is 0.345. The van der Waals surface area contributed by atoms with Crippen molar-refractivity contribution < 1.29 is 9.90 Å². The molecule has 0 spiro atoms. The minimum absolute atomic E-state index is 0.0158. The van der Waals surface area contributed by atoms with E-state index in [4.69, 9.17) is 0 Å². The van der Waals surface area contributed by atoms with E-state index in [9.17, 15) is 9.90 Å². The molecule has 0 aromatic heterocycles. The van der Waals surface area contributed by atoms with E-state index < -0.39 is 6.46 Å². The van der Waals surface area contributed by atoms with Crippen molar-refractivity contribution in [3.05, 3.63) is 121 Å². The molecule has 0 unspecified atom stereocenters. The Kier molecular flexibility index (Phi) is 5.80. The summed E-state index contributed by atoms with van der Waals surface area (Å²) >= 11 is 1.36. The number of benzene rings is 4. The van der Waals surface area contributed by atoms with Crippen molar-refractivity contribution in [2.45, 2.75) is 0 Å². The van der Waals surface area contributed by atoms with Crippen molar-refractivity contribution in [2.75, 3.05) is 0 Å². The molecule has 0 saturated heterocycles. The van der Waals surface area contributed by atoms with Crippen LogP contribution in [0.15, 0.2) is 115 Å². The molecule has 4 aromatic rings. The summed E-state index contributed by atoms with van der Waals surface area (Å²) in [7, 11) is 0. The van der Waals surface area contributed by atoms with Crippen LogP contribution in [0.2, 0.25) is 0 Å². The maximum atomic E-state index is 13.4. The molecule has 0 amide bonds. The van der Waals surface area contributed by atoms with E-state index in [1.165, 1.54) is 11.4 Å². The molecule has 0 radical (unpaired) electrons. The van der Waals surface area contributed by atoms with Gasteiger partial charge in [0, 0.05) is 0 Å². The third-order valence-electron chi connectivity index (χ3n) is 4.91. The van der Waals surface area contributed by atoms with E-state index >= 15 is 0 Å². The summed E-state index contributed by atoms with van der Waals surface area (Å²) in [5.74, 6) is 0.0158. The summed E-state index contributed by atoms with van der Waals surface area (Å²) < 4.78 is 0. The van der Waals surface area contributed by atoms with Gasteiger partial charge in [0.15, 0.2) is 0 Å². The van der Waals surface area contributed by atoms with E-state index in [1.54, 1.807) is 24.3 Å². The van der Waals surface area contributed by atoms with Gasteiger partial charge in [-0.2, -0.15) is 0 Å². The fourth-order valence-corrected chi connectivity index (χ4v) is 10.9. The number of aromatic hydroxyl groups is 1. The van der Waals surface area contributed by atoms with Gasteiger partial charge in [0.1, 0.15) is 0 Å². The van der Waals surface area contributed by atoms with Crippen LogP contribution in [0.4, 0.5) is 0 Å². The Morgan fingerprint density at radius 1 is 0.586 bits per heavy atom. The Balaban J connectivity index is 1.95. The zero-order valence-electron chi connectivity index (χ0n) is 15.7. The maximum absolute atomic E-state index is 13.4. The molecule has 0 saturated carbocycles. The molecule has 0 bridgehead atoms. The van der Waals surface area contributed by atoms with Crippen molar-refractivity contribution >= 4 is 38.9 Å². The molecule has 0 atom stereocenters. The SMILES string of the molecule is O=C(S[PH](c1ccccc1)(c1ccccc1)c1ccccc1)c1ccccc1O. The van der Waals surface area contributed by atoms with Gasteiger partial charge in [0.2, 0.25) is 0 Å². The number of para-hydroxylation sites is 1.